The molecule has 0 bridgehead atoms. The van der Waals surface area contributed by atoms with E-state index in [9.17, 15) is 19.7 Å². The summed E-state index contributed by atoms with van der Waals surface area (Å²) in [5.41, 5.74) is 1.24. The highest BCUT2D eigenvalue weighted by atomic mass is 16.6. The molecule has 0 unspecified atom stereocenters. The van der Waals surface area contributed by atoms with E-state index in [1.807, 2.05) is 18.2 Å². The molecular weight excluding hydrogens is 352 g/mol. The molecular formula is C19H20N2O6. The Bertz CT molecular complexity index is 865. The Morgan fingerprint density at radius 3 is 2.52 bits per heavy atom. The molecule has 2 aromatic carbocycles. The number of carbonyl (C=O) groups excluding carboxylic acids is 2. The number of aryl methyl sites for hydroxylation is 1. The number of methoxy groups -OCH3 is 1. The molecule has 0 radical (unpaired) electrons. The topological polar surface area (TPSA) is 99.0 Å². The van der Waals surface area contributed by atoms with Gasteiger partial charge in [-0.25, -0.2) is 4.79 Å². The van der Waals surface area contributed by atoms with Gasteiger partial charge in [-0.05, 0) is 25.1 Å². The molecule has 0 fully saturated rings. The van der Waals surface area contributed by atoms with E-state index in [0.717, 1.165) is 5.56 Å². The van der Waals surface area contributed by atoms with Crippen molar-refractivity contribution in [1.82, 2.24) is 4.90 Å². The van der Waals surface area contributed by atoms with Crippen molar-refractivity contribution in [3.05, 3.63) is 69.3 Å². The van der Waals surface area contributed by atoms with E-state index >= 15 is 0 Å². The summed E-state index contributed by atoms with van der Waals surface area (Å²) in [4.78, 5) is 36.0. The summed E-state index contributed by atoms with van der Waals surface area (Å²) < 4.78 is 10.3. The summed E-state index contributed by atoms with van der Waals surface area (Å²) in [6.07, 6.45) is 0. The molecule has 0 heterocycles. The second kappa shape index (κ2) is 8.79. The van der Waals surface area contributed by atoms with Crippen molar-refractivity contribution in [2.75, 3.05) is 20.8 Å². The quantitative estimate of drug-likeness (QED) is 0.421. The molecule has 0 spiro atoms. The fourth-order valence-corrected chi connectivity index (χ4v) is 2.49. The number of esters is 1. The number of likely N-dealkylation sites (N-methyl/N-ethyl adjacent to an activating group) is 1. The lowest BCUT2D eigenvalue weighted by molar-refractivity contribution is -0.385. The van der Waals surface area contributed by atoms with Gasteiger partial charge < -0.3 is 14.4 Å². The molecule has 1 amide bonds. The maximum absolute atomic E-state index is 12.2. The number of nitrogens with zero attached hydrogens (tertiary/aromatic N) is 2. The van der Waals surface area contributed by atoms with Crippen molar-refractivity contribution in [3.8, 4) is 5.75 Å². The second-order valence-electron chi connectivity index (χ2n) is 5.90. The van der Waals surface area contributed by atoms with E-state index in [4.69, 9.17) is 9.47 Å². The fraction of sp³-hybridized carbons (Fsp3) is 0.263. The van der Waals surface area contributed by atoms with Gasteiger partial charge in [-0.2, -0.15) is 0 Å². The number of nitro benzene ring substituents is 1. The molecule has 2 aromatic rings. The number of para-hydroxylation sites is 1. The summed E-state index contributed by atoms with van der Waals surface area (Å²) in [5.74, 6) is -0.435. The Hall–Kier alpha value is -3.42. The van der Waals surface area contributed by atoms with E-state index in [2.05, 4.69) is 0 Å². The smallest absolute Gasteiger partial charge is 0.338 e. The van der Waals surface area contributed by atoms with E-state index in [0.29, 0.717) is 17.9 Å². The van der Waals surface area contributed by atoms with Crippen LogP contribution in [-0.2, 0) is 16.1 Å². The summed E-state index contributed by atoms with van der Waals surface area (Å²) in [7, 11) is 3.15. The lowest BCUT2D eigenvalue weighted by Crippen LogP contribution is -2.31. The van der Waals surface area contributed by atoms with Gasteiger partial charge in [0.15, 0.2) is 6.61 Å². The first-order valence-electron chi connectivity index (χ1n) is 8.11. The minimum absolute atomic E-state index is 0.0841. The van der Waals surface area contributed by atoms with Gasteiger partial charge in [0.1, 0.15) is 5.75 Å². The van der Waals surface area contributed by atoms with Gasteiger partial charge in [-0.3, -0.25) is 14.9 Å². The monoisotopic (exact) mass is 372 g/mol. The van der Waals surface area contributed by atoms with Crippen LogP contribution in [0.1, 0.15) is 21.5 Å². The number of rotatable bonds is 7. The average molecular weight is 372 g/mol. The summed E-state index contributed by atoms with van der Waals surface area (Å²) >= 11 is 0. The molecule has 0 saturated heterocycles. The molecule has 2 rings (SSSR count). The Labute approximate surface area is 156 Å². The zero-order valence-corrected chi connectivity index (χ0v) is 15.3. The molecule has 0 atom stereocenters. The molecule has 142 valence electrons. The van der Waals surface area contributed by atoms with Crippen molar-refractivity contribution < 1.29 is 24.0 Å². The molecule has 0 aliphatic carbocycles. The molecule has 8 heteroatoms. The Morgan fingerprint density at radius 1 is 1.19 bits per heavy atom. The number of carbonyl (C=O) groups is 2. The largest absolute Gasteiger partial charge is 0.496 e. The summed E-state index contributed by atoms with van der Waals surface area (Å²) in [5, 5.41) is 10.8. The van der Waals surface area contributed by atoms with Crippen molar-refractivity contribution in [2.45, 2.75) is 13.5 Å². The molecule has 0 aliphatic heterocycles. The van der Waals surface area contributed by atoms with Crippen LogP contribution in [0.4, 0.5) is 5.69 Å². The number of hydrogen-bond donors (Lipinski definition) is 0. The lowest BCUT2D eigenvalue weighted by atomic mass is 10.1. The normalized spacial score (nSPS) is 10.2. The van der Waals surface area contributed by atoms with Crippen LogP contribution in [0.2, 0.25) is 0 Å². The van der Waals surface area contributed by atoms with Gasteiger partial charge in [0.2, 0.25) is 0 Å². The van der Waals surface area contributed by atoms with Crippen molar-refractivity contribution >= 4 is 17.6 Å². The zero-order valence-electron chi connectivity index (χ0n) is 15.3. The molecule has 0 N–H and O–H groups in total. The molecule has 27 heavy (non-hydrogen) atoms. The highest BCUT2D eigenvalue weighted by molar-refractivity contribution is 5.91. The van der Waals surface area contributed by atoms with Gasteiger partial charge in [-0.1, -0.05) is 18.2 Å². The second-order valence-corrected chi connectivity index (χ2v) is 5.90. The first-order valence-corrected chi connectivity index (χ1v) is 8.11. The molecule has 0 aromatic heterocycles. The van der Waals surface area contributed by atoms with Gasteiger partial charge in [-0.15, -0.1) is 0 Å². The third-order valence-corrected chi connectivity index (χ3v) is 3.98. The number of benzene rings is 2. The minimum atomic E-state index is -0.716. The Morgan fingerprint density at radius 2 is 1.89 bits per heavy atom. The van der Waals surface area contributed by atoms with Crippen LogP contribution in [0.25, 0.3) is 0 Å². The first-order chi connectivity index (χ1) is 12.8. The maximum atomic E-state index is 12.2. The number of amides is 1. The molecule has 0 saturated carbocycles. The lowest BCUT2D eigenvalue weighted by Gasteiger charge is -2.18. The number of hydrogen-bond acceptors (Lipinski definition) is 6. The Balaban J connectivity index is 1.95. The SMILES string of the molecule is COc1ccccc1CN(C)C(=O)COC(=O)c1ccc([N+](=O)[O-])c(C)c1. The molecule has 0 aliphatic rings. The van der Waals surface area contributed by atoms with Gasteiger partial charge >= 0.3 is 5.97 Å². The highest BCUT2D eigenvalue weighted by Gasteiger charge is 2.17. The average Bonchev–Trinajstić information content (AvgIpc) is 2.65. The predicted octanol–water partition coefficient (Wildman–Crippen LogP) is 2.73. The highest BCUT2D eigenvalue weighted by Crippen LogP contribution is 2.20. The standard InChI is InChI=1S/C19H20N2O6/c1-13-10-14(8-9-16(13)21(24)25)19(23)27-12-18(22)20(2)11-15-6-4-5-7-17(15)26-3/h4-10H,11-12H2,1-3H3. The van der Waals surface area contributed by atoms with Crippen LogP contribution in [0.5, 0.6) is 5.75 Å². The van der Waals surface area contributed by atoms with E-state index in [1.54, 1.807) is 20.2 Å². The summed E-state index contributed by atoms with van der Waals surface area (Å²) in [6.45, 7) is 1.40. The van der Waals surface area contributed by atoms with Gasteiger partial charge in [0, 0.05) is 30.8 Å². The Kier molecular flexibility index (Phi) is 6.48. The van der Waals surface area contributed by atoms with Crippen molar-refractivity contribution in [1.29, 1.82) is 0 Å². The van der Waals surface area contributed by atoms with Crippen LogP contribution < -0.4 is 4.74 Å². The minimum Gasteiger partial charge on any atom is -0.496 e. The van der Waals surface area contributed by atoms with Crippen LogP contribution in [0.15, 0.2) is 42.5 Å². The first kappa shape index (κ1) is 19.9. The number of ether oxygens (including phenoxy) is 2. The van der Waals surface area contributed by atoms with E-state index in [-0.39, 0.29) is 17.2 Å². The summed E-state index contributed by atoms with van der Waals surface area (Å²) in [6, 6.07) is 11.2. The van der Waals surface area contributed by atoms with Crippen LogP contribution >= 0.6 is 0 Å². The third kappa shape index (κ3) is 5.04. The van der Waals surface area contributed by atoms with Crippen molar-refractivity contribution in [2.24, 2.45) is 0 Å². The maximum Gasteiger partial charge on any atom is 0.338 e. The third-order valence-electron chi connectivity index (χ3n) is 3.98. The predicted molar refractivity (Wildman–Crippen MR) is 97.6 cm³/mol. The zero-order chi connectivity index (χ0) is 20.0. The number of nitro groups is 1. The van der Waals surface area contributed by atoms with Crippen LogP contribution in [0, 0.1) is 17.0 Å². The molecule has 8 nitrogen and oxygen atoms in total. The van der Waals surface area contributed by atoms with E-state index in [1.165, 1.54) is 30.0 Å². The van der Waals surface area contributed by atoms with E-state index < -0.39 is 17.5 Å². The van der Waals surface area contributed by atoms with Crippen LogP contribution in [-0.4, -0.2) is 42.5 Å². The van der Waals surface area contributed by atoms with Gasteiger partial charge in [0.25, 0.3) is 11.6 Å². The fourth-order valence-electron chi connectivity index (χ4n) is 2.49. The van der Waals surface area contributed by atoms with Crippen molar-refractivity contribution in [3.63, 3.8) is 0 Å². The van der Waals surface area contributed by atoms with Gasteiger partial charge in [0.05, 0.1) is 17.6 Å². The van der Waals surface area contributed by atoms with Crippen LogP contribution in [0.3, 0.4) is 0 Å².